The second kappa shape index (κ2) is 11.7. The molecule has 1 saturated heterocycles. The summed E-state index contributed by atoms with van der Waals surface area (Å²) >= 11 is 6.59. The van der Waals surface area contributed by atoms with E-state index in [0.717, 1.165) is 48.1 Å². The van der Waals surface area contributed by atoms with Gasteiger partial charge in [0.1, 0.15) is 17.1 Å². The molecule has 12 heteroatoms. The molecule has 0 saturated carbocycles. The molecule has 0 aliphatic carbocycles. The van der Waals surface area contributed by atoms with E-state index in [2.05, 4.69) is 44.6 Å². The summed E-state index contributed by atoms with van der Waals surface area (Å²) in [5.41, 5.74) is 3.68. The third-order valence-electron chi connectivity index (χ3n) is 8.28. The average Bonchev–Trinajstić information content (AvgIpc) is 3.55. The number of nitrogens with one attached hydrogen (secondary N) is 1. The fraction of sp³-hybridized carbons (Fsp3) is 0.281. The molecule has 0 radical (unpaired) electrons. The second-order valence-electron chi connectivity index (χ2n) is 10.8. The van der Waals surface area contributed by atoms with Crippen LogP contribution in [0.25, 0.3) is 21.8 Å². The molecule has 5 heterocycles. The number of pyridine rings is 1. The van der Waals surface area contributed by atoms with Gasteiger partial charge in [0, 0.05) is 51.0 Å². The van der Waals surface area contributed by atoms with E-state index in [9.17, 15) is 4.79 Å². The lowest BCUT2D eigenvalue weighted by molar-refractivity contribution is -0.126. The maximum atomic E-state index is 12.3. The molecule has 3 aromatic heterocycles. The number of carbonyl (C=O) groups is 1. The highest BCUT2D eigenvalue weighted by atomic mass is 35.5. The Balaban J connectivity index is 1.31. The first-order chi connectivity index (χ1) is 21.5. The number of carbonyl (C=O) groups excluding carboxylic acids is 1. The number of aromatic nitrogens is 5. The van der Waals surface area contributed by atoms with Crippen molar-refractivity contribution in [1.82, 2.24) is 34.9 Å². The first-order valence-electron chi connectivity index (χ1n) is 14.7. The predicted octanol–water partition coefficient (Wildman–Crippen LogP) is 5.35. The molecule has 0 bridgehead atoms. The quantitative estimate of drug-likeness (QED) is 0.244. The van der Waals surface area contributed by atoms with E-state index < -0.39 is 0 Å². The molecular weight excluding hydrogens is 580 g/mol. The molecule has 7 rings (SSSR count). The highest BCUT2D eigenvalue weighted by Gasteiger charge is 2.26. The summed E-state index contributed by atoms with van der Waals surface area (Å²) in [4.78, 5) is 32.9. The minimum absolute atomic E-state index is 0.0816. The van der Waals surface area contributed by atoms with E-state index in [-0.39, 0.29) is 17.8 Å². The van der Waals surface area contributed by atoms with Gasteiger partial charge in [-0.05, 0) is 48.9 Å². The third-order valence-corrected chi connectivity index (χ3v) is 8.58. The van der Waals surface area contributed by atoms with Gasteiger partial charge < -0.3 is 19.3 Å². The largest absolute Gasteiger partial charge is 0.435 e. The molecule has 2 aromatic carbocycles. The number of hydrogen-bond acceptors (Lipinski definition) is 9. The number of rotatable bonds is 7. The van der Waals surface area contributed by atoms with Gasteiger partial charge in [-0.15, -0.1) is 0 Å². The minimum Gasteiger partial charge on any atom is -0.435 e. The molecule has 1 amide bonds. The zero-order chi connectivity index (χ0) is 30.2. The maximum Gasteiger partial charge on any atom is 0.324 e. The van der Waals surface area contributed by atoms with Crippen molar-refractivity contribution >= 4 is 45.1 Å². The lowest BCUT2D eigenvalue weighted by atomic mass is 9.99. The van der Waals surface area contributed by atoms with Crippen LogP contribution in [-0.4, -0.2) is 80.1 Å². The topological polar surface area (TPSA) is 113 Å². The maximum absolute atomic E-state index is 12.3. The van der Waals surface area contributed by atoms with Gasteiger partial charge in [-0.1, -0.05) is 37.2 Å². The number of H-pyrrole nitrogens is 1. The van der Waals surface area contributed by atoms with E-state index in [0.29, 0.717) is 48.3 Å². The van der Waals surface area contributed by atoms with E-state index in [1.807, 2.05) is 24.3 Å². The lowest BCUT2D eigenvalue weighted by Crippen LogP contribution is -2.48. The van der Waals surface area contributed by atoms with Crippen LogP contribution in [-0.2, 0) is 17.8 Å². The van der Waals surface area contributed by atoms with Crippen LogP contribution in [0, 0.1) is 0 Å². The molecule has 2 aliphatic rings. The van der Waals surface area contributed by atoms with Crippen molar-refractivity contribution in [1.29, 1.82) is 0 Å². The highest BCUT2D eigenvalue weighted by Crippen LogP contribution is 2.40. The number of ether oxygens (including phenoxy) is 2. The molecule has 0 spiro atoms. The van der Waals surface area contributed by atoms with Crippen molar-refractivity contribution in [3.8, 4) is 23.4 Å². The van der Waals surface area contributed by atoms with E-state index >= 15 is 0 Å². The number of amides is 1. The summed E-state index contributed by atoms with van der Waals surface area (Å²) in [7, 11) is 0. The summed E-state index contributed by atoms with van der Waals surface area (Å²) < 4.78 is 12.9. The molecule has 1 N–H and O–H groups in total. The average molecular weight is 611 g/mol. The van der Waals surface area contributed by atoms with Crippen molar-refractivity contribution in [2.45, 2.75) is 19.9 Å². The summed E-state index contributed by atoms with van der Waals surface area (Å²) in [5.74, 6) is 2.03. The zero-order valence-electron chi connectivity index (χ0n) is 24.3. The van der Waals surface area contributed by atoms with Gasteiger partial charge in [0.25, 0.3) is 0 Å². The monoisotopic (exact) mass is 610 g/mol. The Morgan fingerprint density at radius 2 is 1.93 bits per heavy atom. The van der Waals surface area contributed by atoms with Crippen molar-refractivity contribution in [2.75, 3.05) is 44.2 Å². The Morgan fingerprint density at radius 3 is 2.75 bits per heavy atom. The Bertz CT molecular complexity index is 1890. The number of piperazine rings is 1. The normalized spacial score (nSPS) is 15.4. The molecule has 1 fully saturated rings. The molecule has 2 aliphatic heterocycles. The number of likely N-dealkylation sites (N-methyl/N-ethyl adjacent to an activating group) is 1. The number of hydrogen-bond donors (Lipinski definition) is 1. The summed E-state index contributed by atoms with van der Waals surface area (Å²) in [6, 6.07) is 11.8. The summed E-state index contributed by atoms with van der Waals surface area (Å²) in [6.45, 7) is 10.9. The van der Waals surface area contributed by atoms with Crippen LogP contribution in [0.3, 0.4) is 0 Å². The minimum atomic E-state index is -0.0816. The van der Waals surface area contributed by atoms with Gasteiger partial charge >= 0.3 is 6.01 Å². The number of aromatic amines is 1. The van der Waals surface area contributed by atoms with E-state index in [1.165, 1.54) is 17.2 Å². The molecule has 0 unspecified atom stereocenters. The van der Waals surface area contributed by atoms with Crippen LogP contribution < -0.4 is 14.4 Å². The van der Waals surface area contributed by atoms with Gasteiger partial charge in [0.2, 0.25) is 11.8 Å². The number of anilines is 1. The number of nitrogens with zero attached hydrogens (tertiary/aromatic N) is 7. The number of halogens is 1. The summed E-state index contributed by atoms with van der Waals surface area (Å²) in [5, 5.41) is 8.98. The fourth-order valence-corrected chi connectivity index (χ4v) is 6.09. The number of fused-ring (bicyclic) bond motifs is 3. The second-order valence-corrected chi connectivity index (χ2v) is 11.2. The Morgan fingerprint density at radius 1 is 1.07 bits per heavy atom. The Labute approximate surface area is 259 Å². The first kappa shape index (κ1) is 28.1. The van der Waals surface area contributed by atoms with Gasteiger partial charge in [-0.2, -0.15) is 15.1 Å². The van der Waals surface area contributed by atoms with Crippen LogP contribution in [0.15, 0.2) is 61.4 Å². The van der Waals surface area contributed by atoms with Crippen LogP contribution in [0.4, 0.5) is 5.82 Å². The standard InChI is InChI=1S/C32H31ClN8O3/c1-3-27(42)40-14-16-41(17-15-40)30-22-10-12-34-31(44-29-23-18-35-38-25(23)9-8-24(29)33)28(22)36-32(37-30)43-26-7-5-6-20-19-39(4-2)13-11-21(20)26/h3,5-10,12,18H,1,4,11,13-17,19H2,2H3,(H,35,38). The van der Waals surface area contributed by atoms with Crippen molar-refractivity contribution in [2.24, 2.45) is 0 Å². The number of benzene rings is 2. The highest BCUT2D eigenvalue weighted by molar-refractivity contribution is 6.33. The Kier molecular flexibility index (Phi) is 7.49. The lowest BCUT2D eigenvalue weighted by Gasteiger charge is -2.35. The van der Waals surface area contributed by atoms with Crippen LogP contribution in [0.1, 0.15) is 18.1 Å². The SMILES string of the molecule is C=CC(=O)N1CCN(c2nc(Oc3cccc4c3CCN(CC)C4)nc3c(Oc4c(Cl)ccc5[nH]ncc45)nccc23)CC1. The van der Waals surface area contributed by atoms with E-state index in [4.69, 9.17) is 31.0 Å². The molecule has 11 nitrogen and oxygen atoms in total. The van der Waals surface area contributed by atoms with Crippen LogP contribution >= 0.6 is 11.6 Å². The fourth-order valence-electron chi connectivity index (χ4n) is 5.89. The van der Waals surface area contributed by atoms with Crippen LogP contribution in [0.2, 0.25) is 5.02 Å². The van der Waals surface area contributed by atoms with Gasteiger partial charge in [0.05, 0.1) is 27.5 Å². The Hall–Kier alpha value is -4.74. The predicted molar refractivity (Wildman–Crippen MR) is 169 cm³/mol. The molecule has 0 atom stereocenters. The van der Waals surface area contributed by atoms with E-state index in [1.54, 1.807) is 23.4 Å². The smallest absolute Gasteiger partial charge is 0.324 e. The third kappa shape index (κ3) is 5.18. The van der Waals surface area contributed by atoms with Crippen molar-refractivity contribution in [3.63, 3.8) is 0 Å². The molecule has 224 valence electrons. The zero-order valence-corrected chi connectivity index (χ0v) is 25.0. The van der Waals surface area contributed by atoms with Crippen LogP contribution in [0.5, 0.6) is 23.4 Å². The van der Waals surface area contributed by atoms with Crippen molar-refractivity contribution < 1.29 is 14.3 Å². The summed E-state index contributed by atoms with van der Waals surface area (Å²) in [6.07, 6.45) is 5.56. The van der Waals surface area contributed by atoms with Gasteiger partial charge in [-0.3, -0.25) is 14.8 Å². The van der Waals surface area contributed by atoms with Crippen molar-refractivity contribution in [3.05, 3.63) is 77.6 Å². The molecule has 5 aromatic rings. The van der Waals surface area contributed by atoms with Gasteiger partial charge in [0.15, 0.2) is 5.75 Å². The first-order valence-corrected chi connectivity index (χ1v) is 15.0. The molecular formula is C32H31ClN8O3. The molecule has 44 heavy (non-hydrogen) atoms. The van der Waals surface area contributed by atoms with Gasteiger partial charge in [-0.25, -0.2) is 4.98 Å².